The molecule has 2 aromatic rings. The maximum absolute atomic E-state index is 14.0. The number of amides is 3. The number of carbonyl (C=O) groups excluding carboxylic acids is 4. The lowest BCUT2D eigenvalue weighted by atomic mass is 9.90. The molecule has 2 N–H and O–H groups in total. The zero-order valence-corrected chi connectivity index (χ0v) is 30.2. The number of likely N-dealkylation sites (N-methyl/N-ethyl adjacent to an activating group) is 1. The Kier molecular flexibility index (Phi) is 15.4. The van der Waals surface area contributed by atoms with Gasteiger partial charge in [0, 0.05) is 46.0 Å². The molecule has 49 heavy (non-hydrogen) atoms. The van der Waals surface area contributed by atoms with Crippen molar-refractivity contribution in [1.82, 2.24) is 25.1 Å². The fraction of sp³-hybridized carbons (Fsp3) is 0.611. The molecule has 2 heterocycles. The minimum atomic E-state index is -0.874. The molecular weight excluding hydrogens is 628 g/mol. The van der Waals surface area contributed by atoms with Gasteiger partial charge in [-0.05, 0) is 31.2 Å². The fourth-order valence-corrected chi connectivity index (χ4v) is 6.66. The second-order valence-corrected chi connectivity index (χ2v) is 12.8. The molecule has 0 spiro atoms. The van der Waals surface area contributed by atoms with Gasteiger partial charge in [-0.1, -0.05) is 57.5 Å². The van der Waals surface area contributed by atoms with Gasteiger partial charge in [0.15, 0.2) is 0 Å². The Hall–Kier alpha value is -4.10. The van der Waals surface area contributed by atoms with Crippen LogP contribution in [0.25, 0.3) is 0 Å². The van der Waals surface area contributed by atoms with Crippen LogP contribution in [0, 0.1) is 18.8 Å². The summed E-state index contributed by atoms with van der Waals surface area (Å²) in [5, 5.41) is 5.92. The van der Waals surface area contributed by atoms with E-state index in [2.05, 4.69) is 20.6 Å². The van der Waals surface area contributed by atoms with Crippen molar-refractivity contribution in [3.63, 3.8) is 0 Å². The van der Waals surface area contributed by atoms with Gasteiger partial charge in [-0.25, -0.2) is 14.8 Å². The molecule has 1 aromatic carbocycles. The van der Waals surface area contributed by atoms with Crippen LogP contribution >= 0.6 is 0 Å². The Balaban J connectivity index is 1.71. The van der Waals surface area contributed by atoms with Crippen molar-refractivity contribution in [3.05, 3.63) is 54.0 Å². The van der Waals surface area contributed by atoms with E-state index in [1.807, 2.05) is 51.1 Å². The largest absolute Gasteiger partial charge is 0.467 e. The van der Waals surface area contributed by atoms with Crippen molar-refractivity contribution in [2.45, 2.75) is 90.1 Å². The summed E-state index contributed by atoms with van der Waals surface area (Å²) < 4.78 is 16.8. The number of anilines is 1. The first-order valence-corrected chi connectivity index (χ1v) is 17.0. The van der Waals surface area contributed by atoms with Gasteiger partial charge in [-0.3, -0.25) is 14.4 Å². The van der Waals surface area contributed by atoms with Gasteiger partial charge < -0.3 is 34.6 Å². The molecule has 6 unspecified atom stereocenters. The van der Waals surface area contributed by atoms with Crippen LogP contribution < -0.4 is 10.6 Å². The highest BCUT2D eigenvalue weighted by atomic mass is 16.5. The van der Waals surface area contributed by atoms with Gasteiger partial charge in [-0.15, -0.1) is 0 Å². The number of methoxy groups -OCH3 is 3. The summed E-state index contributed by atoms with van der Waals surface area (Å²) in [4.78, 5) is 65.2. The van der Waals surface area contributed by atoms with E-state index in [0.717, 1.165) is 24.1 Å². The molecule has 7 atom stereocenters. The molecule has 3 amide bonds. The molecule has 1 aliphatic heterocycles. The van der Waals surface area contributed by atoms with Crippen LogP contribution in [-0.2, 0) is 39.8 Å². The van der Waals surface area contributed by atoms with Gasteiger partial charge in [0.1, 0.15) is 18.2 Å². The number of aryl methyl sites for hydroxylation is 1. The van der Waals surface area contributed by atoms with Gasteiger partial charge in [-0.2, -0.15) is 0 Å². The Morgan fingerprint density at radius 1 is 1.06 bits per heavy atom. The molecule has 3 rings (SSSR count). The van der Waals surface area contributed by atoms with E-state index in [4.69, 9.17) is 14.2 Å². The Bertz CT molecular complexity index is 1380. The number of rotatable bonds is 18. The van der Waals surface area contributed by atoms with Crippen molar-refractivity contribution < 1.29 is 33.4 Å². The van der Waals surface area contributed by atoms with Crippen LogP contribution in [0.15, 0.2) is 42.7 Å². The third kappa shape index (κ3) is 10.7. The standard InChI is InChI=1S/C36H54N6O7/c1-9-23(2)33(41(5)32(44)21-37-30-18-24(3)38-22-39-30)29(47-6)20-31(43)42-17-13-16-28(42)34(48-7)25(4)35(45)40-27(36(46)49-8)19-26-14-11-10-12-15-26/h10-12,14-15,18,22-23,25,27-29,33-34H,9,13,16-17,19-21H2,1-8H3,(H,40,45)(H,37,38,39)/t23?,25?,27-,28?,29?,33?,34?/m0/s1. The summed E-state index contributed by atoms with van der Waals surface area (Å²) in [5.74, 6) is -1.28. The third-order valence-corrected chi connectivity index (χ3v) is 9.61. The van der Waals surface area contributed by atoms with E-state index in [1.165, 1.54) is 20.5 Å². The normalized spacial score (nSPS) is 18.0. The molecule has 13 heteroatoms. The summed E-state index contributed by atoms with van der Waals surface area (Å²) in [5.41, 5.74) is 1.67. The molecule has 1 aromatic heterocycles. The van der Waals surface area contributed by atoms with Gasteiger partial charge in [0.2, 0.25) is 17.7 Å². The van der Waals surface area contributed by atoms with Gasteiger partial charge in [0.05, 0.1) is 50.3 Å². The number of carbonyl (C=O) groups is 4. The van der Waals surface area contributed by atoms with Gasteiger partial charge in [0.25, 0.3) is 0 Å². The van der Waals surface area contributed by atoms with Crippen LogP contribution in [0.2, 0.25) is 0 Å². The van der Waals surface area contributed by atoms with Crippen molar-refractivity contribution in [2.75, 3.05) is 46.8 Å². The number of nitrogens with zero attached hydrogens (tertiary/aromatic N) is 4. The number of aromatic nitrogens is 2. The molecular formula is C36H54N6O7. The van der Waals surface area contributed by atoms with E-state index < -0.39 is 30.1 Å². The minimum absolute atomic E-state index is 0.0239. The number of nitrogens with one attached hydrogen (secondary N) is 2. The summed E-state index contributed by atoms with van der Waals surface area (Å²) >= 11 is 0. The first-order valence-electron chi connectivity index (χ1n) is 17.0. The molecule has 1 fully saturated rings. The van der Waals surface area contributed by atoms with E-state index in [9.17, 15) is 19.2 Å². The van der Waals surface area contributed by atoms with E-state index in [1.54, 1.807) is 36.9 Å². The minimum Gasteiger partial charge on any atom is -0.467 e. The molecule has 0 radical (unpaired) electrons. The molecule has 0 aliphatic carbocycles. The van der Waals surface area contributed by atoms with Crippen molar-refractivity contribution in [3.8, 4) is 0 Å². The zero-order valence-electron chi connectivity index (χ0n) is 30.2. The second-order valence-electron chi connectivity index (χ2n) is 12.8. The number of hydrogen-bond acceptors (Lipinski definition) is 10. The molecule has 1 saturated heterocycles. The van der Waals surface area contributed by atoms with Crippen LogP contribution in [0.4, 0.5) is 5.82 Å². The highest BCUT2D eigenvalue weighted by Gasteiger charge is 2.42. The Morgan fingerprint density at radius 3 is 2.39 bits per heavy atom. The topological polar surface area (TPSA) is 152 Å². The van der Waals surface area contributed by atoms with Crippen LogP contribution in [0.1, 0.15) is 57.7 Å². The highest BCUT2D eigenvalue weighted by molar-refractivity contribution is 5.86. The number of hydrogen-bond donors (Lipinski definition) is 2. The van der Waals surface area contributed by atoms with E-state index >= 15 is 0 Å². The monoisotopic (exact) mass is 682 g/mol. The highest BCUT2D eigenvalue weighted by Crippen LogP contribution is 2.29. The smallest absolute Gasteiger partial charge is 0.328 e. The summed E-state index contributed by atoms with van der Waals surface area (Å²) in [6.45, 7) is 8.22. The molecule has 1 aliphatic rings. The molecule has 0 saturated carbocycles. The third-order valence-electron chi connectivity index (χ3n) is 9.61. The average molecular weight is 683 g/mol. The Labute approximate surface area is 290 Å². The number of esters is 1. The van der Waals surface area contributed by atoms with E-state index in [-0.39, 0.29) is 55.1 Å². The van der Waals surface area contributed by atoms with Crippen molar-refractivity contribution in [1.29, 1.82) is 0 Å². The SMILES string of the molecule is CCC(C)C(C(CC(=O)N1CCCC1C(OC)C(C)C(=O)N[C@@H](Cc1ccccc1)C(=O)OC)OC)N(C)C(=O)CNc1cc(C)ncn1. The number of ether oxygens (including phenoxy) is 3. The van der Waals surface area contributed by atoms with Crippen LogP contribution in [-0.4, -0.2) is 115 Å². The quantitative estimate of drug-likeness (QED) is 0.225. The maximum Gasteiger partial charge on any atom is 0.328 e. The maximum atomic E-state index is 14.0. The summed E-state index contributed by atoms with van der Waals surface area (Å²) in [6, 6.07) is 9.56. The summed E-state index contributed by atoms with van der Waals surface area (Å²) in [6.07, 6.45) is 2.77. The van der Waals surface area contributed by atoms with Crippen LogP contribution in [0.5, 0.6) is 0 Å². The summed E-state index contributed by atoms with van der Waals surface area (Å²) in [7, 11) is 6.13. The molecule has 270 valence electrons. The predicted octanol–water partition coefficient (Wildman–Crippen LogP) is 3.02. The van der Waals surface area contributed by atoms with Crippen molar-refractivity contribution in [2.24, 2.45) is 11.8 Å². The number of benzene rings is 1. The first kappa shape index (κ1) is 39.3. The van der Waals surface area contributed by atoms with Crippen molar-refractivity contribution >= 4 is 29.5 Å². The lowest BCUT2D eigenvalue weighted by Gasteiger charge is -2.39. The number of likely N-dealkylation sites (tertiary alicyclic amines) is 1. The predicted molar refractivity (Wildman–Crippen MR) is 185 cm³/mol. The fourth-order valence-electron chi connectivity index (χ4n) is 6.66. The Morgan fingerprint density at radius 2 is 1.78 bits per heavy atom. The first-order chi connectivity index (χ1) is 23.4. The van der Waals surface area contributed by atoms with E-state index in [0.29, 0.717) is 18.8 Å². The lowest BCUT2D eigenvalue weighted by molar-refractivity contribution is -0.148. The molecule has 0 bridgehead atoms. The zero-order chi connectivity index (χ0) is 36.1. The van der Waals surface area contributed by atoms with Gasteiger partial charge >= 0.3 is 5.97 Å². The second kappa shape index (κ2) is 19.2. The lowest BCUT2D eigenvalue weighted by Crippen LogP contribution is -2.54. The average Bonchev–Trinajstić information content (AvgIpc) is 3.59. The van der Waals surface area contributed by atoms with Crippen LogP contribution in [0.3, 0.4) is 0 Å². The molecule has 13 nitrogen and oxygen atoms in total.